The number of carboxylic acids is 1. The molecule has 272 valence electrons. The van der Waals surface area contributed by atoms with E-state index in [1.54, 1.807) is 12.3 Å². The van der Waals surface area contributed by atoms with Gasteiger partial charge in [0.25, 0.3) is 5.91 Å². The number of nitrogens with one attached hydrogen (secondary N) is 1. The normalized spacial score (nSPS) is 20.0. The number of carboxylic acid groups (broad SMARTS) is 1. The lowest BCUT2D eigenvalue weighted by Crippen LogP contribution is -2.56. The predicted octanol–water partition coefficient (Wildman–Crippen LogP) is 7.13. The average Bonchev–Trinajstić information content (AvgIpc) is 3.59. The summed E-state index contributed by atoms with van der Waals surface area (Å²) in [5, 5.41) is 16.0. The highest BCUT2D eigenvalue weighted by Crippen LogP contribution is 2.57. The van der Waals surface area contributed by atoms with E-state index in [-0.39, 0.29) is 28.2 Å². The second-order valence-corrected chi connectivity index (χ2v) is 14.4. The molecule has 2 aromatic heterocycles. The number of rotatable bonds is 7. The van der Waals surface area contributed by atoms with E-state index in [1.165, 1.54) is 46.9 Å². The zero-order valence-corrected chi connectivity index (χ0v) is 28.8. The van der Waals surface area contributed by atoms with Crippen LogP contribution >= 0.6 is 0 Å². The fourth-order valence-electron chi connectivity index (χ4n) is 8.07. The molecule has 3 aromatic carbocycles. The van der Waals surface area contributed by atoms with E-state index < -0.39 is 35.5 Å². The van der Waals surface area contributed by atoms with Gasteiger partial charge in [-0.3, -0.25) is 19.5 Å². The van der Waals surface area contributed by atoms with Crippen LogP contribution in [0.25, 0.3) is 22.5 Å². The molecule has 0 radical (unpaired) electrons. The van der Waals surface area contributed by atoms with Crippen molar-refractivity contribution in [3.63, 3.8) is 0 Å². The fraction of sp³-hybridized carbons (Fsp3) is 0.317. The summed E-state index contributed by atoms with van der Waals surface area (Å²) in [6.07, 6.45) is 8.19. The standard InChI is InChI=1S/C21H17FN2.C20H21F2N3O4/c22-18-6-3-11-24-20(18)21(9-10-21)17-8-7-15-14-5-2-1-4-13(14)12-16(15)19(17)23;21-11-4-5-13(15(22)8-11)18-9-17(24-29-18)19(26)23-16-6-7-25(12-2-1-3-12)10-14(16)20(27)28/h1-8,11H,9-10,12,23H2;4-5,8-9,12,14,16H,1-3,6-7,10H2,(H,23,26)(H,27,28)/t;14-,16-/m.0/s1. The van der Waals surface area contributed by atoms with Crippen molar-refractivity contribution in [1.82, 2.24) is 20.4 Å². The number of halogens is 3. The number of likely N-dealkylation sites (tertiary alicyclic amines) is 1. The van der Waals surface area contributed by atoms with Crippen LogP contribution in [0.15, 0.2) is 83.5 Å². The first kappa shape index (κ1) is 34.6. The molecular weight excluding hydrogens is 683 g/mol. The van der Waals surface area contributed by atoms with Crippen LogP contribution in [-0.2, 0) is 16.6 Å². The first-order valence-corrected chi connectivity index (χ1v) is 17.9. The molecule has 0 spiro atoms. The van der Waals surface area contributed by atoms with E-state index in [0.29, 0.717) is 30.8 Å². The SMILES string of the molecule is Nc1c(C2(c3ncccc3F)CC2)ccc2c1Cc1ccccc1-2.O=C(N[C@H]1CCN(C2CCC2)C[C@@H]1C(=O)O)c1cc(-c2ccc(F)cc2F)on1. The van der Waals surface area contributed by atoms with Crippen LogP contribution in [-0.4, -0.2) is 57.2 Å². The molecule has 1 amide bonds. The third-order valence-corrected chi connectivity index (χ3v) is 11.3. The summed E-state index contributed by atoms with van der Waals surface area (Å²) in [5.41, 5.74) is 13.5. The number of benzene rings is 3. The summed E-state index contributed by atoms with van der Waals surface area (Å²) in [6, 6.07) is 19.9. The van der Waals surface area contributed by atoms with Gasteiger partial charge < -0.3 is 20.7 Å². The first-order chi connectivity index (χ1) is 25.6. The van der Waals surface area contributed by atoms with Crippen LogP contribution in [0.3, 0.4) is 0 Å². The molecule has 0 unspecified atom stereocenters. The zero-order valence-electron chi connectivity index (χ0n) is 28.8. The molecule has 3 fully saturated rings. The molecule has 4 aliphatic rings. The van der Waals surface area contributed by atoms with Gasteiger partial charge in [0.2, 0.25) is 0 Å². The number of anilines is 1. The van der Waals surface area contributed by atoms with Gasteiger partial charge in [-0.1, -0.05) is 48.0 Å². The lowest BCUT2D eigenvalue weighted by Gasteiger charge is -2.44. The van der Waals surface area contributed by atoms with Gasteiger partial charge in [-0.05, 0) is 84.2 Å². The first-order valence-electron chi connectivity index (χ1n) is 17.9. The summed E-state index contributed by atoms with van der Waals surface area (Å²) in [5.74, 6) is -4.06. The van der Waals surface area contributed by atoms with Gasteiger partial charge in [0.15, 0.2) is 11.5 Å². The molecule has 3 heterocycles. The molecular formula is C41H38F3N5O4. The smallest absolute Gasteiger partial charge is 0.309 e. The quantitative estimate of drug-likeness (QED) is 0.148. The summed E-state index contributed by atoms with van der Waals surface area (Å²) in [7, 11) is 0. The largest absolute Gasteiger partial charge is 0.481 e. The highest BCUT2D eigenvalue weighted by Gasteiger charge is 2.50. The van der Waals surface area contributed by atoms with E-state index >= 15 is 0 Å². The summed E-state index contributed by atoms with van der Waals surface area (Å²) in [6.45, 7) is 1.13. The predicted molar refractivity (Wildman–Crippen MR) is 191 cm³/mol. The number of amides is 1. The number of pyridine rings is 1. The van der Waals surface area contributed by atoms with Gasteiger partial charge in [-0.2, -0.15) is 0 Å². The minimum atomic E-state index is -0.950. The van der Waals surface area contributed by atoms with Crippen molar-refractivity contribution in [3.8, 4) is 22.5 Å². The van der Waals surface area contributed by atoms with Crippen molar-refractivity contribution in [3.05, 3.63) is 125 Å². The fourth-order valence-corrected chi connectivity index (χ4v) is 8.07. The van der Waals surface area contributed by atoms with Gasteiger partial charge in [-0.15, -0.1) is 0 Å². The van der Waals surface area contributed by atoms with Crippen molar-refractivity contribution < 1.29 is 32.4 Å². The van der Waals surface area contributed by atoms with E-state index in [9.17, 15) is 27.9 Å². The van der Waals surface area contributed by atoms with Gasteiger partial charge in [-0.25, -0.2) is 13.2 Å². The zero-order chi connectivity index (χ0) is 36.9. The molecule has 2 saturated carbocycles. The van der Waals surface area contributed by atoms with Crippen molar-refractivity contribution in [1.29, 1.82) is 0 Å². The Bertz CT molecular complexity index is 2220. The van der Waals surface area contributed by atoms with E-state index in [4.69, 9.17) is 10.3 Å². The Kier molecular flexibility index (Phi) is 9.01. The Morgan fingerprint density at radius 3 is 2.43 bits per heavy atom. The van der Waals surface area contributed by atoms with E-state index in [1.807, 2.05) is 0 Å². The van der Waals surface area contributed by atoms with Crippen LogP contribution in [0.5, 0.6) is 0 Å². The molecule has 2 atom stereocenters. The Balaban J connectivity index is 0.000000153. The Morgan fingerprint density at radius 2 is 1.72 bits per heavy atom. The molecule has 4 N–H and O–H groups in total. The number of nitrogens with zero attached hydrogens (tertiary/aromatic N) is 3. The summed E-state index contributed by atoms with van der Waals surface area (Å²) in [4.78, 5) is 30.8. The number of carbonyl (C=O) groups excluding carboxylic acids is 1. The lowest BCUT2D eigenvalue weighted by atomic mass is 9.85. The van der Waals surface area contributed by atoms with Crippen molar-refractivity contribution in [2.45, 2.75) is 62.4 Å². The molecule has 12 heteroatoms. The van der Waals surface area contributed by atoms with Gasteiger partial charge >= 0.3 is 5.97 Å². The van der Waals surface area contributed by atoms with Crippen LogP contribution in [0.4, 0.5) is 18.9 Å². The van der Waals surface area contributed by atoms with E-state index in [2.05, 4.69) is 56.8 Å². The summed E-state index contributed by atoms with van der Waals surface area (Å²) < 4.78 is 46.3. The monoisotopic (exact) mass is 721 g/mol. The summed E-state index contributed by atoms with van der Waals surface area (Å²) >= 11 is 0. The molecule has 9 rings (SSSR count). The second kappa shape index (κ2) is 13.8. The molecule has 53 heavy (non-hydrogen) atoms. The van der Waals surface area contributed by atoms with Crippen molar-refractivity contribution in [2.24, 2.45) is 5.92 Å². The second-order valence-electron chi connectivity index (χ2n) is 14.4. The number of piperidine rings is 1. The molecule has 1 saturated heterocycles. The van der Waals surface area contributed by atoms with Crippen LogP contribution < -0.4 is 11.1 Å². The highest BCUT2D eigenvalue weighted by molar-refractivity contribution is 5.93. The Hall–Kier alpha value is -5.49. The number of aliphatic carboxylic acids is 1. The maximum atomic E-state index is 14.3. The van der Waals surface area contributed by atoms with Gasteiger partial charge in [0.05, 0.1) is 17.2 Å². The van der Waals surface area contributed by atoms with Crippen molar-refractivity contribution >= 4 is 17.6 Å². The number of carbonyl (C=O) groups is 2. The number of hydrogen-bond donors (Lipinski definition) is 3. The number of hydrogen-bond acceptors (Lipinski definition) is 7. The minimum Gasteiger partial charge on any atom is -0.481 e. The molecule has 3 aliphatic carbocycles. The Labute approximate surface area is 304 Å². The highest BCUT2D eigenvalue weighted by atomic mass is 19.1. The topological polar surface area (TPSA) is 135 Å². The molecule has 5 aromatic rings. The molecule has 1 aliphatic heterocycles. The Morgan fingerprint density at radius 1 is 0.925 bits per heavy atom. The number of aromatic nitrogens is 2. The van der Waals surface area contributed by atoms with Gasteiger partial charge in [0.1, 0.15) is 17.5 Å². The van der Waals surface area contributed by atoms with Crippen LogP contribution in [0, 0.1) is 23.4 Å². The lowest BCUT2D eigenvalue weighted by molar-refractivity contribution is -0.145. The minimum absolute atomic E-state index is 0.0118. The van der Waals surface area contributed by atoms with E-state index in [0.717, 1.165) is 56.0 Å². The molecule has 9 nitrogen and oxygen atoms in total. The maximum Gasteiger partial charge on any atom is 0.309 e. The third kappa shape index (κ3) is 6.45. The number of nitrogen functional groups attached to an aromatic ring is 1. The number of nitrogens with two attached hydrogens (primary N) is 1. The molecule has 0 bridgehead atoms. The van der Waals surface area contributed by atoms with Crippen LogP contribution in [0.1, 0.15) is 71.4 Å². The van der Waals surface area contributed by atoms with Crippen molar-refractivity contribution in [2.75, 3.05) is 18.8 Å². The average molecular weight is 722 g/mol. The number of fused-ring (bicyclic) bond motifs is 3. The van der Waals surface area contributed by atoms with Gasteiger partial charge in [0, 0.05) is 61.0 Å². The third-order valence-electron chi connectivity index (χ3n) is 11.3. The van der Waals surface area contributed by atoms with Crippen LogP contribution in [0.2, 0.25) is 0 Å². The maximum absolute atomic E-state index is 14.3.